The highest BCUT2D eigenvalue weighted by Crippen LogP contribution is 2.25. The number of benzene rings is 1. The summed E-state index contributed by atoms with van der Waals surface area (Å²) in [7, 11) is 4.18. The summed E-state index contributed by atoms with van der Waals surface area (Å²) in [5, 5.41) is 3.38. The van der Waals surface area contributed by atoms with Crippen molar-refractivity contribution in [2.24, 2.45) is 0 Å². The van der Waals surface area contributed by atoms with Crippen LogP contribution in [0.5, 0.6) is 5.75 Å². The highest BCUT2D eigenvalue weighted by molar-refractivity contribution is 5.37. The molecule has 2 rings (SSSR count). The third-order valence-electron chi connectivity index (χ3n) is 3.60. The minimum atomic E-state index is 0.742. The van der Waals surface area contributed by atoms with Crippen molar-refractivity contribution in [1.82, 2.24) is 10.2 Å². The number of ether oxygens (including phenoxy) is 1. The Morgan fingerprint density at radius 2 is 1.89 bits per heavy atom. The first kappa shape index (κ1) is 14.4. The highest BCUT2D eigenvalue weighted by Gasteiger charge is 2.09. The molecule has 0 aliphatic heterocycles. The van der Waals surface area contributed by atoms with E-state index in [-0.39, 0.29) is 0 Å². The molecule has 0 saturated heterocycles. The molecule has 3 nitrogen and oxygen atoms in total. The van der Waals surface area contributed by atoms with Crippen LogP contribution >= 0.6 is 0 Å². The van der Waals surface area contributed by atoms with Crippen molar-refractivity contribution in [3.63, 3.8) is 0 Å². The second kappa shape index (κ2) is 7.51. The predicted molar refractivity (Wildman–Crippen MR) is 80.0 cm³/mol. The molecule has 0 bridgehead atoms. The van der Waals surface area contributed by atoms with Gasteiger partial charge >= 0.3 is 0 Å². The number of aryl methyl sites for hydroxylation is 2. The maximum Gasteiger partial charge on any atom is 0.119 e. The second-order valence-electron chi connectivity index (χ2n) is 5.54. The summed E-state index contributed by atoms with van der Waals surface area (Å²) >= 11 is 0. The number of fused-ring (bicyclic) bond motifs is 1. The maximum atomic E-state index is 5.80. The average molecular weight is 262 g/mol. The Kier molecular flexibility index (Phi) is 5.67. The summed E-state index contributed by atoms with van der Waals surface area (Å²) in [6.07, 6.45) is 5.11. The Hall–Kier alpha value is -1.06. The molecular formula is C16H26N2O. The van der Waals surface area contributed by atoms with E-state index >= 15 is 0 Å². The fourth-order valence-electron chi connectivity index (χ4n) is 2.47. The molecule has 1 aliphatic rings. The molecule has 1 N–H and O–H groups in total. The second-order valence-corrected chi connectivity index (χ2v) is 5.54. The number of hydrogen-bond acceptors (Lipinski definition) is 3. The SMILES string of the molecule is CN(C)CCNCCOc1ccc2c(c1)CCCC2. The van der Waals surface area contributed by atoms with Crippen molar-refractivity contribution >= 4 is 0 Å². The topological polar surface area (TPSA) is 24.5 Å². The van der Waals surface area contributed by atoms with Gasteiger partial charge < -0.3 is 15.0 Å². The van der Waals surface area contributed by atoms with E-state index in [1.54, 1.807) is 0 Å². The van der Waals surface area contributed by atoms with Gasteiger partial charge in [0.05, 0.1) is 0 Å². The van der Waals surface area contributed by atoms with Gasteiger partial charge in [0.1, 0.15) is 12.4 Å². The quantitative estimate of drug-likeness (QED) is 0.762. The van der Waals surface area contributed by atoms with Crippen LogP contribution in [0.2, 0.25) is 0 Å². The van der Waals surface area contributed by atoms with Gasteiger partial charge in [0.15, 0.2) is 0 Å². The van der Waals surface area contributed by atoms with Crippen LogP contribution in [0.1, 0.15) is 24.0 Å². The molecule has 0 unspecified atom stereocenters. The van der Waals surface area contributed by atoms with Crippen molar-refractivity contribution in [2.75, 3.05) is 40.3 Å². The van der Waals surface area contributed by atoms with E-state index in [4.69, 9.17) is 4.74 Å². The van der Waals surface area contributed by atoms with Crippen LogP contribution in [0, 0.1) is 0 Å². The molecule has 106 valence electrons. The number of likely N-dealkylation sites (N-methyl/N-ethyl adjacent to an activating group) is 1. The predicted octanol–water partition coefficient (Wildman–Crippen LogP) is 2.10. The molecule has 0 radical (unpaired) electrons. The van der Waals surface area contributed by atoms with Gasteiger partial charge in [-0.3, -0.25) is 0 Å². The molecule has 0 amide bonds. The van der Waals surface area contributed by atoms with Crippen molar-refractivity contribution in [1.29, 1.82) is 0 Å². The van der Waals surface area contributed by atoms with Crippen LogP contribution in [-0.2, 0) is 12.8 Å². The molecule has 0 spiro atoms. The van der Waals surface area contributed by atoms with Gasteiger partial charge in [0.25, 0.3) is 0 Å². The largest absolute Gasteiger partial charge is 0.492 e. The van der Waals surface area contributed by atoms with Crippen LogP contribution in [0.4, 0.5) is 0 Å². The summed E-state index contributed by atoms with van der Waals surface area (Å²) in [6, 6.07) is 6.58. The molecule has 19 heavy (non-hydrogen) atoms. The Morgan fingerprint density at radius 1 is 1.11 bits per heavy atom. The van der Waals surface area contributed by atoms with Crippen LogP contribution in [0.15, 0.2) is 18.2 Å². The number of nitrogens with zero attached hydrogens (tertiary/aromatic N) is 1. The molecule has 0 saturated carbocycles. The first-order valence-electron chi connectivity index (χ1n) is 7.36. The molecule has 0 aromatic heterocycles. The van der Waals surface area contributed by atoms with Gasteiger partial charge in [-0.05, 0) is 63.0 Å². The molecule has 1 aromatic rings. The number of hydrogen-bond donors (Lipinski definition) is 1. The van der Waals surface area contributed by atoms with Crippen LogP contribution in [0.25, 0.3) is 0 Å². The highest BCUT2D eigenvalue weighted by atomic mass is 16.5. The Bertz CT molecular complexity index is 390. The van der Waals surface area contributed by atoms with Gasteiger partial charge in [0, 0.05) is 19.6 Å². The number of nitrogens with one attached hydrogen (secondary N) is 1. The lowest BCUT2D eigenvalue weighted by Gasteiger charge is -2.17. The number of rotatable bonds is 7. The van der Waals surface area contributed by atoms with E-state index in [2.05, 4.69) is 42.5 Å². The van der Waals surface area contributed by atoms with Gasteiger partial charge in [-0.15, -0.1) is 0 Å². The summed E-state index contributed by atoms with van der Waals surface area (Å²) in [6.45, 7) is 3.73. The van der Waals surface area contributed by atoms with Crippen LogP contribution in [0.3, 0.4) is 0 Å². The first-order valence-corrected chi connectivity index (χ1v) is 7.36. The lowest BCUT2D eigenvalue weighted by atomic mass is 9.92. The van der Waals surface area contributed by atoms with Gasteiger partial charge in [-0.25, -0.2) is 0 Å². The summed E-state index contributed by atoms with van der Waals surface area (Å²) < 4.78 is 5.80. The van der Waals surface area contributed by atoms with Crippen molar-refractivity contribution in [3.05, 3.63) is 29.3 Å². The Balaban J connectivity index is 1.68. The van der Waals surface area contributed by atoms with Crippen molar-refractivity contribution in [2.45, 2.75) is 25.7 Å². The molecule has 0 heterocycles. The van der Waals surface area contributed by atoms with Crippen LogP contribution < -0.4 is 10.1 Å². The summed E-state index contributed by atoms with van der Waals surface area (Å²) in [4.78, 5) is 2.18. The molecule has 0 atom stereocenters. The smallest absolute Gasteiger partial charge is 0.119 e. The molecular weight excluding hydrogens is 236 g/mol. The van der Waals surface area contributed by atoms with Crippen molar-refractivity contribution in [3.8, 4) is 5.75 Å². The zero-order valence-electron chi connectivity index (χ0n) is 12.2. The average Bonchev–Trinajstić information content (AvgIpc) is 2.42. The monoisotopic (exact) mass is 262 g/mol. The van der Waals surface area contributed by atoms with Gasteiger partial charge in [-0.2, -0.15) is 0 Å². The Morgan fingerprint density at radius 3 is 2.68 bits per heavy atom. The Labute approximate surface area is 116 Å². The van der Waals surface area contributed by atoms with E-state index < -0.39 is 0 Å². The summed E-state index contributed by atoms with van der Waals surface area (Å²) in [5.41, 5.74) is 3.01. The lowest BCUT2D eigenvalue weighted by Crippen LogP contribution is -2.29. The molecule has 0 fully saturated rings. The molecule has 3 heteroatoms. The third kappa shape index (κ3) is 4.84. The minimum Gasteiger partial charge on any atom is -0.492 e. The van der Waals surface area contributed by atoms with Crippen molar-refractivity contribution < 1.29 is 4.74 Å². The lowest BCUT2D eigenvalue weighted by molar-refractivity contribution is 0.308. The van der Waals surface area contributed by atoms with E-state index in [0.29, 0.717) is 0 Å². The summed E-state index contributed by atoms with van der Waals surface area (Å²) in [5.74, 6) is 1.02. The van der Waals surface area contributed by atoms with Crippen LogP contribution in [-0.4, -0.2) is 45.2 Å². The first-order chi connectivity index (χ1) is 9.25. The normalized spacial score (nSPS) is 14.5. The van der Waals surface area contributed by atoms with E-state index in [9.17, 15) is 0 Å². The fourth-order valence-corrected chi connectivity index (χ4v) is 2.47. The zero-order valence-corrected chi connectivity index (χ0v) is 12.2. The van der Waals surface area contributed by atoms with E-state index in [1.807, 2.05) is 0 Å². The molecule has 1 aromatic carbocycles. The minimum absolute atomic E-state index is 0.742. The zero-order chi connectivity index (χ0) is 13.5. The van der Waals surface area contributed by atoms with E-state index in [0.717, 1.165) is 32.0 Å². The molecule has 1 aliphatic carbocycles. The van der Waals surface area contributed by atoms with E-state index in [1.165, 1.54) is 36.8 Å². The fraction of sp³-hybridized carbons (Fsp3) is 0.625. The van der Waals surface area contributed by atoms with Gasteiger partial charge in [0.2, 0.25) is 0 Å². The third-order valence-corrected chi connectivity index (χ3v) is 3.60. The van der Waals surface area contributed by atoms with Gasteiger partial charge in [-0.1, -0.05) is 6.07 Å². The maximum absolute atomic E-state index is 5.80. The standard InChI is InChI=1S/C16H26N2O/c1-18(2)11-9-17-10-12-19-16-8-7-14-5-3-4-6-15(14)13-16/h7-8,13,17H,3-6,9-12H2,1-2H3.